The molecule has 8 heteroatoms. The fraction of sp³-hybridized carbons (Fsp3) is 0.438. The lowest BCUT2D eigenvalue weighted by atomic mass is 10.1. The molecule has 1 heterocycles. The fourth-order valence-electron chi connectivity index (χ4n) is 2.48. The third-order valence-corrected chi connectivity index (χ3v) is 4.34. The van der Waals surface area contributed by atoms with Gasteiger partial charge in [-0.1, -0.05) is 25.2 Å². The summed E-state index contributed by atoms with van der Waals surface area (Å²) in [5, 5.41) is 0.921. The summed E-state index contributed by atoms with van der Waals surface area (Å²) in [5.74, 6) is -0.949. The lowest BCUT2D eigenvalue weighted by Crippen LogP contribution is -2.24. The number of benzene rings is 1. The van der Waals surface area contributed by atoms with Crippen LogP contribution in [0.2, 0.25) is 0 Å². The molecule has 0 aliphatic rings. The van der Waals surface area contributed by atoms with Gasteiger partial charge in [0.1, 0.15) is 16.5 Å². The summed E-state index contributed by atoms with van der Waals surface area (Å²) in [6.07, 6.45) is -2.88. The number of rotatable bonds is 6. The number of anilines is 2. The number of nitrogen functional groups attached to an aromatic ring is 1. The summed E-state index contributed by atoms with van der Waals surface area (Å²) in [6, 6.07) is 2.45. The molecule has 0 radical (unpaired) electrons. The average molecular weight is 361 g/mol. The summed E-state index contributed by atoms with van der Waals surface area (Å²) in [7, 11) is 0. The van der Waals surface area contributed by atoms with Crippen molar-refractivity contribution in [3.8, 4) is 11.3 Å². The zero-order valence-corrected chi connectivity index (χ0v) is 14.3. The van der Waals surface area contributed by atoms with Crippen molar-refractivity contribution in [3.63, 3.8) is 0 Å². The summed E-state index contributed by atoms with van der Waals surface area (Å²) in [6.45, 7) is 5.47. The largest absolute Gasteiger partial charge is 0.416 e. The molecule has 24 heavy (non-hydrogen) atoms. The fourth-order valence-corrected chi connectivity index (χ4v) is 3.38. The molecule has 3 nitrogen and oxygen atoms in total. The summed E-state index contributed by atoms with van der Waals surface area (Å²) >= 11 is 1.21. The van der Waals surface area contributed by atoms with Gasteiger partial charge in [0.2, 0.25) is 0 Å². The molecule has 2 N–H and O–H groups in total. The van der Waals surface area contributed by atoms with Crippen LogP contribution in [0.3, 0.4) is 0 Å². The van der Waals surface area contributed by atoms with Crippen LogP contribution in [0.15, 0.2) is 18.2 Å². The lowest BCUT2D eigenvalue weighted by Gasteiger charge is -2.23. The summed E-state index contributed by atoms with van der Waals surface area (Å²) in [5.41, 5.74) is 5.12. The first-order valence-electron chi connectivity index (χ1n) is 7.65. The third kappa shape index (κ3) is 4.17. The molecule has 1 aromatic carbocycles. The van der Waals surface area contributed by atoms with Crippen molar-refractivity contribution in [1.29, 1.82) is 0 Å². The number of hydrogen-bond acceptors (Lipinski definition) is 4. The molecule has 2 rings (SSSR count). The minimum atomic E-state index is -4.62. The highest BCUT2D eigenvalue weighted by Crippen LogP contribution is 2.40. The van der Waals surface area contributed by atoms with Crippen LogP contribution in [-0.4, -0.2) is 18.1 Å². The van der Waals surface area contributed by atoms with Crippen molar-refractivity contribution < 1.29 is 17.6 Å². The highest BCUT2D eigenvalue weighted by atomic mass is 32.1. The molecule has 0 aliphatic heterocycles. The zero-order valence-electron chi connectivity index (χ0n) is 13.5. The van der Waals surface area contributed by atoms with E-state index < -0.39 is 17.6 Å². The Morgan fingerprint density at radius 1 is 1.12 bits per heavy atom. The molecule has 0 amide bonds. The second-order valence-corrected chi connectivity index (χ2v) is 6.43. The van der Waals surface area contributed by atoms with Crippen LogP contribution < -0.4 is 10.6 Å². The van der Waals surface area contributed by atoms with Crippen molar-refractivity contribution in [2.75, 3.05) is 23.7 Å². The second-order valence-electron chi connectivity index (χ2n) is 5.42. The SMILES string of the molecule is CCCN(CCC)c1sc(N)nc1-c1cc(F)cc(C(F)(F)F)c1. The number of nitrogens with zero attached hydrogens (tertiary/aromatic N) is 2. The van der Waals surface area contributed by atoms with Crippen LogP contribution in [0.4, 0.5) is 27.7 Å². The predicted octanol–water partition coefficient (Wildman–Crippen LogP) is 5.18. The van der Waals surface area contributed by atoms with Crippen molar-refractivity contribution >= 4 is 21.5 Å². The zero-order chi connectivity index (χ0) is 17.9. The van der Waals surface area contributed by atoms with Gasteiger partial charge in [-0.25, -0.2) is 9.37 Å². The summed E-state index contributed by atoms with van der Waals surface area (Å²) in [4.78, 5) is 6.18. The molecular weight excluding hydrogens is 342 g/mol. The molecule has 0 saturated heterocycles. The van der Waals surface area contributed by atoms with E-state index in [9.17, 15) is 17.6 Å². The van der Waals surface area contributed by atoms with Gasteiger partial charge in [0, 0.05) is 18.7 Å². The maximum atomic E-state index is 13.7. The monoisotopic (exact) mass is 361 g/mol. The normalized spacial score (nSPS) is 11.8. The van der Waals surface area contributed by atoms with Gasteiger partial charge < -0.3 is 10.6 Å². The predicted molar refractivity (Wildman–Crippen MR) is 89.7 cm³/mol. The molecule has 0 aliphatic carbocycles. The molecule has 1 aromatic heterocycles. The Hall–Kier alpha value is -1.83. The van der Waals surface area contributed by atoms with E-state index in [2.05, 4.69) is 4.98 Å². The van der Waals surface area contributed by atoms with Crippen molar-refractivity contribution in [2.24, 2.45) is 0 Å². The van der Waals surface area contributed by atoms with Crippen molar-refractivity contribution in [1.82, 2.24) is 4.98 Å². The topological polar surface area (TPSA) is 42.1 Å². The molecule has 0 bridgehead atoms. The Bertz CT molecular complexity index is 691. The van der Waals surface area contributed by atoms with Crippen LogP contribution in [0, 0.1) is 5.82 Å². The Morgan fingerprint density at radius 3 is 2.29 bits per heavy atom. The Labute approximate surface area is 142 Å². The minimum absolute atomic E-state index is 0.0856. The second kappa shape index (κ2) is 7.38. The van der Waals surface area contributed by atoms with Gasteiger partial charge in [-0.05, 0) is 31.0 Å². The molecule has 132 valence electrons. The van der Waals surface area contributed by atoms with E-state index in [1.54, 1.807) is 0 Å². The van der Waals surface area contributed by atoms with Gasteiger partial charge >= 0.3 is 6.18 Å². The molecule has 0 atom stereocenters. The van der Waals surface area contributed by atoms with Crippen LogP contribution in [0.25, 0.3) is 11.3 Å². The first-order chi connectivity index (χ1) is 11.3. The molecule has 2 aromatic rings. The van der Waals surface area contributed by atoms with Gasteiger partial charge in [-0.2, -0.15) is 13.2 Å². The third-order valence-electron chi connectivity index (χ3n) is 3.40. The average Bonchev–Trinajstić information content (AvgIpc) is 2.87. The smallest absolute Gasteiger partial charge is 0.375 e. The molecular formula is C16H19F4N3S. The Kier molecular flexibility index (Phi) is 5.69. The van der Waals surface area contributed by atoms with Crippen LogP contribution >= 0.6 is 11.3 Å². The summed E-state index contributed by atoms with van der Waals surface area (Å²) < 4.78 is 52.6. The van der Waals surface area contributed by atoms with Crippen LogP contribution in [0.1, 0.15) is 32.3 Å². The van der Waals surface area contributed by atoms with Gasteiger partial charge in [-0.3, -0.25) is 0 Å². The molecule has 0 unspecified atom stereocenters. The first-order valence-corrected chi connectivity index (χ1v) is 8.47. The van der Waals surface area contributed by atoms with E-state index in [1.807, 2.05) is 18.7 Å². The van der Waals surface area contributed by atoms with E-state index in [1.165, 1.54) is 11.3 Å². The molecule has 0 spiro atoms. The maximum absolute atomic E-state index is 13.7. The Balaban J connectivity index is 2.55. The quantitative estimate of drug-likeness (QED) is 0.721. The number of hydrogen-bond donors (Lipinski definition) is 1. The maximum Gasteiger partial charge on any atom is 0.416 e. The van der Waals surface area contributed by atoms with E-state index in [-0.39, 0.29) is 10.7 Å². The number of thiazole rings is 1. The van der Waals surface area contributed by atoms with E-state index >= 15 is 0 Å². The number of alkyl halides is 3. The Morgan fingerprint density at radius 2 is 1.75 bits per heavy atom. The minimum Gasteiger partial charge on any atom is -0.375 e. The highest BCUT2D eigenvalue weighted by Gasteiger charge is 2.32. The van der Waals surface area contributed by atoms with Gasteiger partial charge in [-0.15, -0.1) is 0 Å². The van der Waals surface area contributed by atoms with Crippen LogP contribution in [-0.2, 0) is 6.18 Å². The highest BCUT2D eigenvalue weighted by molar-refractivity contribution is 7.19. The standard InChI is InChI=1S/C16H19F4N3S/c1-3-5-23(6-4-2)14-13(22-15(21)24-14)10-7-11(16(18,19)20)9-12(17)8-10/h7-9H,3-6H2,1-2H3,(H2,21,22). The lowest BCUT2D eigenvalue weighted by molar-refractivity contribution is -0.137. The van der Waals surface area contributed by atoms with Crippen molar-refractivity contribution in [2.45, 2.75) is 32.9 Å². The van der Waals surface area contributed by atoms with Gasteiger partial charge in [0.15, 0.2) is 5.13 Å². The van der Waals surface area contributed by atoms with Gasteiger partial charge in [0.25, 0.3) is 0 Å². The van der Waals surface area contributed by atoms with Crippen molar-refractivity contribution in [3.05, 3.63) is 29.6 Å². The first kappa shape index (κ1) is 18.5. The number of halogens is 4. The van der Waals surface area contributed by atoms with Crippen LogP contribution in [0.5, 0.6) is 0 Å². The molecule has 0 fully saturated rings. The van der Waals surface area contributed by atoms with E-state index in [0.29, 0.717) is 16.8 Å². The number of aromatic nitrogens is 1. The van der Waals surface area contributed by atoms with E-state index in [4.69, 9.17) is 5.73 Å². The van der Waals surface area contributed by atoms with Gasteiger partial charge in [0.05, 0.1) is 5.56 Å². The number of nitrogens with two attached hydrogens (primary N) is 1. The van der Waals surface area contributed by atoms with E-state index in [0.717, 1.165) is 38.1 Å². The molecule has 0 saturated carbocycles.